The van der Waals surface area contributed by atoms with E-state index in [1.54, 1.807) is 0 Å². The Bertz CT molecular complexity index is 497. The topological polar surface area (TPSA) is 27.8 Å². The summed E-state index contributed by atoms with van der Waals surface area (Å²) in [6.07, 6.45) is 5.42. The number of aromatic amines is 1. The summed E-state index contributed by atoms with van der Waals surface area (Å²) >= 11 is 0. The monoisotopic (exact) mass is 224 g/mol. The fourth-order valence-corrected chi connectivity index (χ4v) is 2.43. The van der Waals surface area contributed by atoms with E-state index in [9.17, 15) is 0 Å². The van der Waals surface area contributed by atoms with E-state index in [1.807, 2.05) is 6.20 Å². The number of rotatable bonds is 3. The van der Waals surface area contributed by atoms with E-state index in [0.29, 0.717) is 5.92 Å². The molecule has 86 valence electrons. The fraction of sp³-hybridized carbons (Fsp3) is 0.200. The van der Waals surface area contributed by atoms with Crippen molar-refractivity contribution in [1.29, 1.82) is 0 Å². The number of aromatic nitrogens is 1. The molecule has 1 aliphatic heterocycles. The van der Waals surface area contributed by atoms with Crippen LogP contribution in [-0.2, 0) is 0 Å². The van der Waals surface area contributed by atoms with E-state index in [4.69, 9.17) is 0 Å². The quantitative estimate of drug-likeness (QED) is 0.824. The summed E-state index contributed by atoms with van der Waals surface area (Å²) in [4.78, 5) is 3.33. The Hall–Kier alpha value is -1.96. The van der Waals surface area contributed by atoms with E-state index < -0.39 is 0 Å². The van der Waals surface area contributed by atoms with Crippen LogP contribution < -0.4 is 5.32 Å². The first-order valence-electron chi connectivity index (χ1n) is 6.07. The molecule has 1 atom stereocenters. The van der Waals surface area contributed by atoms with E-state index in [2.05, 4.69) is 58.8 Å². The van der Waals surface area contributed by atoms with Gasteiger partial charge in [-0.1, -0.05) is 36.4 Å². The molecule has 2 heterocycles. The fourth-order valence-electron chi connectivity index (χ4n) is 2.43. The van der Waals surface area contributed by atoms with E-state index in [0.717, 1.165) is 13.0 Å². The second-order valence-corrected chi connectivity index (χ2v) is 4.34. The SMILES string of the molecule is C1=C(C(c2ccccc2)c2ccc[nH]2)NCC1. The van der Waals surface area contributed by atoms with Crippen LogP contribution in [0.2, 0.25) is 0 Å². The minimum absolute atomic E-state index is 0.314. The highest BCUT2D eigenvalue weighted by Crippen LogP contribution is 2.30. The molecule has 1 aromatic heterocycles. The summed E-state index contributed by atoms with van der Waals surface area (Å²) in [5.41, 5.74) is 3.89. The molecule has 0 fully saturated rings. The number of allylic oxidation sites excluding steroid dienone is 1. The lowest BCUT2D eigenvalue weighted by molar-refractivity contribution is 0.782. The Morgan fingerprint density at radius 1 is 1.00 bits per heavy atom. The van der Waals surface area contributed by atoms with E-state index in [-0.39, 0.29) is 0 Å². The van der Waals surface area contributed by atoms with Crippen molar-refractivity contribution in [3.63, 3.8) is 0 Å². The maximum Gasteiger partial charge on any atom is 0.0634 e. The number of hydrogen-bond acceptors (Lipinski definition) is 1. The molecule has 1 aromatic carbocycles. The van der Waals surface area contributed by atoms with Crippen LogP contribution in [0.3, 0.4) is 0 Å². The minimum Gasteiger partial charge on any atom is -0.387 e. The number of hydrogen-bond donors (Lipinski definition) is 2. The van der Waals surface area contributed by atoms with Gasteiger partial charge in [0.25, 0.3) is 0 Å². The molecule has 2 aromatic rings. The maximum absolute atomic E-state index is 3.48. The van der Waals surface area contributed by atoms with Gasteiger partial charge in [0.2, 0.25) is 0 Å². The maximum atomic E-state index is 3.48. The van der Waals surface area contributed by atoms with Crippen LogP contribution in [0.1, 0.15) is 23.6 Å². The lowest BCUT2D eigenvalue weighted by Crippen LogP contribution is -2.16. The zero-order chi connectivity index (χ0) is 11.5. The van der Waals surface area contributed by atoms with E-state index in [1.165, 1.54) is 17.0 Å². The molecule has 0 aliphatic carbocycles. The minimum atomic E-state index is 0.314. The van der Waals surface area contributed by atoms with E-state index >= 15 is 0 Å². The van der Waals surface area contributed by atoms with Gasteiger partial charge < -0.3 is 10.3 Å². The predicted octanol–water partition coefficient (Wildman–Crippen LogP) is 3.02. The third-order valence-electron chi connectivity index (χ3n) is 3.21. The van der Waals surface area contributed by atoms with Gasteiger partial charge in [0.15, 0.2) is 0 Å². The molecule has 2 N–H and O–H groups in total. The Kier molecular flexibility index (Phi) is 2.70. The molecule has 3 rings (SSSR count). The highest BCUT2D eigenvalue weighted by Gasteiger charge is 2.21. The van der Waals surface area contributed by atoms with Gasteiger partial charge in [-0.3, -0.25) is 0 Å². The third-order valence-corrected chi connectivity index (χ3v) is 3.21. The zero-order valence-corrected chi connectivity index (χ0v) is 9.69. The number of nitrogens with one attached hydrogen (secondary N) is 2. The normalized spacial score (nSPS) is 16.4. The lowest BCUT2D eigenvalue weighted by atomic mass is 9.92. The summed E-state index contributed by atoms with van der Waals surface area (Å²) in [6, 6.07) is 14.8. The summed E-state index contributed by atoms with van der Waals surface area (Å²) in [5.74, 6) is 0.314. The largest absolute Gasteiger partial charge is 0.387 e. The van der Waals surface area contributed by atoms with Crippen LogP contribution in [-0.4, -0.2) is 11.5 Å². The van der Waals surface area contributed by atoms with Gasteiger partial charge in [-0.25, -0.2) is 0 Å². The summed E-state index contributed by atoms with van der Waals surface area (Å²) < 4.78 is 0. The van der Waals surface area contributed by atoms with Gasteiger partial charge in [-0.05, 0) is 24.1 Å². The van der Waals surface area contributed by atoms with Crippen LogP contribution in [0.15, 0.2) is 60.4 Å². The second kappa shape index (κ2) is 4.50. The van der Waals surface area contributed by atoms with Crippen LogP contribution in [0.5, 0.6) is 0 Å². The van der Waals surface area contributed by atoms with Crippen molar-refractivity contribution in [2.75, 3.05) is 6.54 Å². The van der Waals surface area contributed by atoms with Crippen molar-refractivity contribution in [1.82, 2.24) is 10.3 Å². The smallest absolute Gasteiger partial charge is 0.0634 e. The van der Waals surface area contributed by atoms with Crippen molar-refractivity contribution in [2.24, 2.45) is 0 Å². The van der Waals surface area contributed by atoms with Crippen molar-refractivity contribution in [3.8, 4) is 0 Å². The highest BCUT2D eigenvalue weighted by atomic mass is 14.9. The van der Waals surface area contributed by atoms with Gasteiger partial charge in [0.1, 0.15) is 0 Å². The van der Waals surface area contributed by atoms with Crippen LogP contribution in [0, 0.1) is 0 Å². The molecular weight excluding hydrogens is 208 g/mol. The molecule has 2 heteroatoms. The van der Waals surface area contributed by atoms with Gasteiger partial charge in [0.05, 0.1) is 5.92 Å². The second-order valence-electron chi connectivity index (χ2n) is 4.34. The molecule has 1 aliphatic rings. The Labute approximate surface area is 101 Å². The van der Waals surface area contributed by atoms with Crippen molar-refractivity contribution >= 4 is 0 Å². The van der Waals surface area contributed by atoms with Crippen molar-refractivity contribution in [2.45, 2.75) is 12.3 Å². The molecule has 0 bridgehead atoms. The van der Waals surface area contributed by atoms with Gasteiger partial charge in [-0.15, -0.1) is 0 Å². The summed E-state index contributed by atoms with van der Waals surface area (Å²) in [7, 11) is 0. The predicted molar refractivity (Wildman–Crippen MR) is 69.8 cm³/mol. The average molecular weight is 224 g/mol. The average Bonchev–Trinajstić information content (AvgIpc) is 3.04. The summed E-state index contributed by atoms with van der Waals surface area (Å²) in [6.45, 7) is 1.05. The molecule has 0 saturated heterocycles. The van der Waals surface area contributed by atoms with Crippen LogP contribution in [0.4, 0.5) is 0 Å². The molecule has 1 unspecified atom stereocenters. The standard InChI is InChI=1S/C15H16N2/c1-2-6-12(7-3-1)15(13-8-4-10-16-13)14-9-5-11-17-14/h1-4,6-10,15-17H,5,11H2. The van der Waals surface area contributed by atoms with Crippen LogP contribution >= 0.6 is 0 Å². The molecule has 0 radical (unpaired) electrons. The Morgan fingerprint density at radius 3 is 2.53 bits per heavy atom. The summed E-state index contributed by atoms with van der Waals surface area (Å²) in [5, 5.41) is 3.48. The Morgan fingerprint density at radius 2 is 1.88 bits per heavy atom. The van der Waals surface area contributed by atoms with Gasteiger partial charge >= 0.3 is 0 Å². The molecule has 0 saturated carbocycles. The highest BCUT2D eigenvalue weighted by molar-refractivity contribution is 5.38. The Balaban J connectivity index is 2.03. The molecule has 17 heavy (non-hydrogen) atoms. The molecule has 0 spiro atoms. The first-order valence-corrected chi connectivity index (χ1v) is 6.07. The zero-order valence-electron chi connectivity index (χ0n) is 9.69. The number of benzene rings is 1. The molecular formula is C15H16N2. The number of H-pyrrole nitrogens is 1. The van der Waals surface area contributed by atoms with Crippen molar-refractivity contribution < 1.29 is 0 Å². The molecule has 0 amide bonds. The first-order chi connectivity index (χ1) is 8.45. The third kappa shape index (κ3) is 1.98. The van der Waals surface area contributed by atoms with Gasteiger partial charge in [-0.2, -0.15) is 0 Å². The molecule has 2 nitrogen and oxygen atoms in total. The van der Waals surface area contributed by atoms with Crippen molar-refractivity contribution in [3.05, 3.63) is 71.7 Å². The van der Waals surface area contributed by atoms with Crippen LogP contribution in [0.25, 0.3) is 0 Å². The first kappa shape index (κ1) is 10.2. The lowest BCUT2D eigenvalue weighted by Gasteiger charge is -2.18. The van der Waals surface area contributed by atoms with Gasteiger partial charge in [0, 0.05) is 24.1 Å².